The van der Waals surface area contributed by atoms with Crippen LogP contribution in [0.1, 0.15) is 23.0 Å². The van der Waals surface area contributed by atoms with Crippen molar-refractivity contribution < 1.29 is 4.79 Å². The summed E-state index contributed by atoms with van der Waals surface area (Å²) in [5, 5.41) is 4.30. The van der Waals surface area contributed by atoms with Crippen LogP contribution in [0.2, 0.25) is 0 Å². The van der Waals surface area contributed by atoms with Crippen LogP contribution >= 0.6 is 0 Å². The molecule has 0 fully saturated rings. The predicted molar refractivity (Wildman–Crippen MR) is 58.3 cm³/mol. The third-order valence-corrected chi connectivity index (χ3v) is 2.30. The van der Waals surface area contributed by atoms with E-state index in [1.54, 1.807) is 17.8 Å². The number of ketones is 1. The molecular weight excluding hydrogens is 188 g/mol. The maximum absolute atomic E-state index is 11.3. The number of hydrogen-bond acceptors (Lipinski definition) is 2. The second kappa shape index (κ2) is 3.69. The van der Waals surface area contributed by atoms with Gasteiger partial charge in [-0.05, 0) is 26.0 Å². The zero-order valence-corrected chi connectivity index (χ0v) is 8.77. The first-order chi connectivity index (χ1) is 7.18. The van der Waals surface area contributed by atoms with E-state index in [2.05, 4.69) is 5.10 Å². The first kappa shape index (κ1) is 9.65. The summed E-state index contributed by atoms with van der Waals surface area (Å²) in [7, 11) is 0. The van der Waals surface area contributed by atoms with Crippen LogP contribution in [0.25, 0.3) is 5.69 Å². The Hall–Kier alpha value is -1.90. The SMILES string of the molecule is CC(=O)c1cn(-c2ccccc2)nc1C. The van der Waals surface area contributed by atoms with Gasteiger partial charge in [-0.1, -0.05) is 18.2 Å². The lowest BCUT2D eigenvalue weighted by molar-refractivity contribution is 0.101. The molecule has 2 aromatic rings. The minimum absolute atomic E-state index is 0.0506. The molecule has 76 valence electrons. The van der Waals surface area contributed by atoms with E-state index < -0.39 is 0 Å². The molecule has 0 saturated heterocycles. The van der Waals surface area contributed by atoms with Crippen molar-refractivity contribution in [3.63, 3.8) is 0 Å². The summed E-state index contributed by atoms with van der Waals surface area (Å²) in [6.45, 7) is 3.40. The second-order valence-electron chi connectivity index (χ2n) is 3.46. The molecule has 0 amide bonds. The number of para-hydroxylation sites is 1. The molecule has 1 heterocycles. The van der Waals surface area contributed by atoms with Gasteiger partial charge < -0.3 is 0 Å². The number of aromatic nitrogens is 2. The molecule has 0 bridgehead atoms. The van der Waals surface area contributed by atoms with Gasteiger partial charge in [0.15, 0.2) is 5.78 Å². The molecule has 0 radical (unpaired) electrons. The van der Waals surface area contributed by atoms with Crippen molar-refractivity contribution in [3.8, 4) is 5.69 Å². The summed E-state index contributed by atoms with van der Waals surface area (Å²) < 4.78 is 1.73. The van der Waals surface area contributed by atoms with Gasteiger partial charge in [0.25, 0.3) is 0 Å². The molecule has 0 saturated carbocycles. The fraction of sp³-hybridized carbons (Fsp3) is 0.167. The Kier molecular flexibility index (Phi) is 2.37. The Morgan fingerprint density at radius 2 is 1.93 bits per heavy atom. The van der Waals surface area contributed by atoms with E-state index in [1.807, 2.05) is 37.3 Å². The lowest BCUT2D eigenvalue weighted by Crippen LogP contribution is -1.93. The number of benzene rings is 1. The Morgan fingerprint density at radius 1 is 1.27 bits per heavy atom. The van der Waals surface area contributed by atoms with E-state index in [4.69, 9.17) is 0 Å². The highest BCUT2D eigenvalue weighted by atomic mass is 16.1. The van der Waals surface area contributed by atoms with E-state index in [9.17, 15) is 4.79 Å². The number of carbonyl (C=O) groups is 1. The van der Waals surface area contributed by atoms with Gasteiger partial charge in [-0.25, -0.2) is 4.68 Å². The number of hydrogen-bond donors (Lipinski definition) is 0. The van der Waals surface area contributed by atoms with Gasteiger partial charge in [0.2, 0.25) is 0 Å². The highest BCUT2D eigenvalue weighted by Gasteiger charge is 2.09. The molecule has 1 aromatic heterocycles. The monoisotopic (exact) mass is 200 g/mol. The third kappa shape index (κ3) is 1.81. The highest BCUT2D eigenvalue weighted by Crippen LogP contribution is 2.11. The number of nitrogens with zero attached hydrogens (tertiary/aromatic N) is 2. The maximum atomic E-state index is 11.3. The highest BCUT2D eigenvalue weighted by molar-refractivity contribution is 5.94. The maximum Gasteiger partial charge on any atom is 0.163 e. The lowest BCUT2D eigenvalue weighted by atomic mass is 10.2. The summed E-state index contributed by atoms with van der Waals surface area (Å²) in [6, 6.07) is 9.75. The van der Waals surface area contributed by atoms with Gasteiger partial charge in [-0.15, -0.1) is 0 Å². The van der Waals surface area contributed by atoms with Gasteiger partial charge in [0.1, 0.15) is 0 Å². The van der Waals surface area contributed by atoms with Crippen LogP contribution in [0.3, 0.4) is 0 Å². The standard InChI is InChI=1S/C12H12N2O/c1-9-12(10(2)15)8-14(13-9)11-6-4-3-5-7-11/h3-8H,1-2H3. The van der Waals surface area contributed by atoms with Crippen molar-refractivity contribution in [1.29, 1.82) is 0 Å². The van der Waals surface area contributed by atoms with E-state index in [-0.39, 0.29) is 5.78 Å². The predicted octanol–water partition coefficient (Wildman–Crippen LogP) is 2.38. The molecule has 0 spiro atoms. The van der Waals surface area contributed by atoms with Crippen LogP contribution in [0.4, 0.5) is 0 Å². The van der Waals surface area contributed by atoms with Crippen LogP contribution in [-0.4, -0.2) is 15.6 Å². The van der Waals surface area contributed by atoms with Crippen LogP contribution in [-0.2, 0) is 0 Å². The lowest BCUT2D eigenvalue weighted by Gasteiger charge is -1.98. The Labute approximate surface area is 88.4 Å². The van der Waals surface area contributed by atoms with Crippen molar-refractivity contribution in [1.82, 2.24) is 9.78 Å². The summed E-state index contributed by atoms with van der Waals surface area (Å²) in [4.78, 5) is 11.3. The molecule has 0 aliphatic carbocycles. The van der Waals surface area contributed by atoms with Gasteiger partial charge in [0.05, 0.1) is 16.9 Å². The molecule has 1 aromatic carbocycles. The minimum Gasteiger partial charge on any atom is -0.294 e. The van der Waals surface area contributed by atoms with Crippen molar-refractivity contribution in [2.45, 2.75) is 13.8 Å². The Morgan fingerprint density at radius 3 is 2.47 bits per heavy atom. The van der Waals surface area contributed by atoms with Gasteiger partial charge in [0, 0.05) is 6.20 Å². The molecule has 0 N–H and O–H groups in total. The molecule has 0 aliphatic heterocycles. The molecule has 3 heteroatoms. The van der Waals surface area contributed by atoms with Gasteiger partial charge in [-0.2, -0.15) is 5.10 Å². The van der Waals surface area contributed by atoms with Crippen molar-refractivity contribution in [2.75, 3.05) is 0 Å². The number of rotatable bonds is 2. The minimum atomic E-state index is 0.0506. The smallest absolute Gasteiger partial charge is 0.163 e. The second-order valence-corrected chi connectivity index (χ2v) is 3.46. The fourth-order valence-corrected chi connectivity index (χ4v) is 1.52. The normalized spacial score (nSPS) is 10.3. The van der Waals surface area contributed by atoms with E-state index in [1.165, 1.54) is 0 Å². The van der Waals surface area contributed by atoms with E-state index >= 15 is 0 Å². The van der Waals surface area contributed by atoms with Crippen LogP contribution in [0.5, 0.6) is 0 Å². The van der Waals surface area contributed by atoms with Crippen molar-refractivity contribution in [3.05, 3.63) is 47.8 Å². The molecular formula is C12H12N2O. The molecule has 0 atom stereocenters. The van der Waals surface area contributed by atoms with Gasteiger partial charge in [-0.3, -0.25) is 4.79 Å². The third-order valence-electron chi connectivity index (χ3n) is 2.30. The zero-order valence-electron chi connectivity index (χ0n) is 8.77. The number of carbonyl (C=O) groups excluding carboxylic acids is 1. The van der Waals surface area contributed by atoms with Crippen molar-refractivity contribution in [2.24, 2.45) is 0 Å². The molecule has 3 nitrogen and oxygen atoms in total. The van der Waals surface area contributed by atoms with E-state index in [0.29, 0.717) is 5.56 Å². The van der Waals surface area contributed by atoms with Crippen LogP contribution in [0, 0.1) is 6.92 Å². The first-order valence-electron chi connectivity index (χ1n) is 4.81. The summed E-state index contributed by atoms with van der Waals surface area (Å²) in [5.41, 5.74) is 2.42. The summed E-state index contributed by atoms with van der Waals surface area (Å²) in [6.07, 6.45) is 1.77. The van der Waals surface area contributed by atoms with Crippen LogP contribution < -0.4 is 0 Å². The molecule has 0 aliphatic rings. The fourth-order valence-electron chi connectivity index (χ4n) is 1.52. The Balaban J connectivity index is 2.48. The average Bonchev–Trinajstić information content (AvgIpc) is 2.62. The Bertz CT molecular complexity index is 486. The quantitative estimate of drug-likeness (QED) is 0.697. The molecule has 0 unspecified atom stereocenters. The van der Waals surface area contributed by atoms with Crippen LogP contribution in [0.15, 0.2) is 36.5 Å². The van der Waals surface area contributed by atoms with Crippen molar-refractivity contribution >= 4 is 5.78 Å². The number of Topliss-reactive ketones (excluding diaryl/α,β-unsaturated/α-hetero) is 1. The van der Waals surface area contributed by atoms with E-state index in [0.717, 1.165) is 11.4 Å². The molecule has 2 rings (SSSR count). The largest absolute Gasteiger partial charge is 0.294 e. The van der Waals surface area contributed by atoms with Gasteiger partial charge >= 0.3 is 0 Å². The summed E-state index contributed by atoms with van der Waals surface area (Å²) >= 11 is 0. The average molecular weight is 200 g/mol. The zero-order chi connectivity index (χ0) is 10.8. The summed E-state index contributed by atoms with van der Waals surface area (Å²) in [5.74, 6) is 0.0506. The first-order valence-corrected chi connectivity index (χ1v) is 4.81. The topological polar surface area (TPSA) is 34.9 Å². The number of aryl methyl sites for hydroxylation is 1. The molecule has 15 heavy (non-hydrogen) atoms.